The normalized spacial score (nSPS) is 15.9. The second-order valence-corrected chi connectivity index (χ2v) is 11.9. The third kappa shape index (κ3) is 6.15. The SMILES string of the molecule is Cc1ccc(S(=O)(=O)N2CCC(C)CC2)cc1C(=O)NCCOc1ccccc1C(C)(C)C. The number of carbonyl (C=O) groups is 1. The van der Waals surface area contributed by atoms with Gasteiger partial charge in [0.2, 0.25) is 10.0 Å². The second kappa shape index (κ2) is 10.3. The lowest BCUT2D eigenvalue weighted by atomic mass is 9.86. The van der Waals surface area contributed by atoms with Crippen molar-refractivity contribution in [2.24, 2.45) is 5.92 Å². The predicted molar refractivity (Wildman–Crippen MR) is 131 cm³/mol. The minimum atomic E-state index is -3.61. The van der Waals surface area contributed by atoms with Crippen molar-refractivity contribution in [1.29, 1.82) is 0 Å². The fourth-order valence-corrected chi connectivity index (χ4v) is 5.51. The van der Waals surface area contributed by atoms with Crippen molar-refractivity contribution in [1.82, 2.24) is 9.62 Å². The molecule has 0 atom stereocenters. The molecular weight excluding hydrogens is 436 g/mol. The number of carbonyl (C=O) groups excluding carboxylic acids is 1. The number of benzene rings is 2. The van der Waals surface area contributed by atoms with Gasteiger partial charge in [-0.05, 0) is 60.4 Å². The zero-order chi connectivity index (χ0) is 24.2. The highest BCUT2D eigenvalue weighted by atomic mass is 32.2. The lowest BCUT2D eigenvalue weighted by molar-refractivity contribution is 0.0946. The summed E-state index contributed by atoms with van der Waals surface area (Å²) in [6.07, 6.45) is 1.72. The molecule has 7 heteroatoms. The predicted octanol–water partition coefficient (Wildman–Crippen LogP) is 4.52. The van der Waals surface area contributed by atoms with Crippen molar-refractivity contribution in [3.8, 4) is 5.75 Å². The molecule has 1 aliphatic rings. The molecule has 33 heavy (non-hydrogen) atoms. The van der Waals surface area contributed by atoms with Gasteiger partial charge in [-0.25, -0.2) is 8.42 Å². The molecule has 3 rings (SSSR count). The molecule has 1 saturated heterocycles. The Balaban J connectivity index is 1.64. The van der Waals surface area contributed by atoms with Crippen molar-refractivity contribution in [2.75, 3.05) is 26.2 Å². The van der Waals surface area contributed by atoms with Crippen LogP contribution in [0.2, 0.25) is 0 Å². The highest BCUT2D eigenvalue weighted by Crippen LogP contribution is 2.31. The van der Waals surface area contributed by atoms with E-state index in [-0.39, 0.29) is 16.2 Å². The Kier molecular flexibility index (Phi) is 7.85. The average molecular weight is 473 g/mol. The lowest BCUT2D eigenvalue weighted by Crippen LogP contribution is -2.38. The van der Waals surface area contributed by atoms with Crippen LogP contribution in [0.5, 0.6) is 5.75 Å². The van der Waals surface area contributed by atoms with Crippen molar-refractivity contribution < 1.29 is 17.9 Å². The monoisotopic (exact) mass is 472 g/mol. The van der Waals surface area contributed by atoms with Crippen LogP contribution in [0.15, 0.2) is 47.4 Å². The second-order valence-electron chi connectivity index (χ2n) is 9.91. The highest BCUT2D eigenvalue weighted by molar-refractivity contribution is 7.89. The van der Waals surface area contributed by atoms with E-state index < -0.39 is 10.0 Å². The number of rotatable bonds is 7. The standard InChI is InChI=1S/C26H36N2O4S/c1-19-12-15-28(16-13-19)33(30,31)21-11-10-20(2)22(18-21)25(29)27-14-17-32-24-9-7-6-8-23(24)26(3,4)5/h6-11,18-19H,12-17H2,1-5H3,(H,27,29). The molecule has 1 aliphatic heterocycles. The molecule has 6 nitrogen and oxygen atoms in total. The van der Waals surface area contributed by atoms with Crippen molar-refractivity contribution >= 4 is 15.9 Å². The van der Waals surface area contributed by atoms with Gasteiger partial charge >= 0.3 is 0 Å². The number of sulfonamides is 1. The Morgan fingerprint density at radius 3 is 2.45 bits per heavy atom. The molecule has 0 aromatic heterocycles. The average Bonchev–Trinajstić information content (AvgIpc) is 2.76. The first-order chi connectivity index (χ1) is 15.5. The molecular formula is C26H36N2O4S. The number of aryl methyl sites for hydroxylation is 1. The van der Waals surface area contributed by atoms with Gasteiger partial charge in [-0.1, -0.05) is 52.0 Å². The summed E-state index contributed by atoms with van der Waals surface area (Å²) in [5, 5.41) is 2.86. The Hall–Kier alpha value is -2.38. The molecule has 1 amide bonds. The third-order valence-electron chi connectivity index (χ3n) is 6.17. The van der Waals surface area contributed by atoms with Gasteiger partial charge in [-0.15, -0.1) is 0 Å². The number of piperidine rings is 1. The first kappa shape index (κ1) is 25.2. The Morgan fingerprint density at radius 2 is 1.79 bits per heavy atom. The zero-order valence-electron chi connectivity index (χ0n) is 20.3. The number of amides is 1. The number of ether oxygens (including phenoxy) is 1. The Bertz CT molecular complexity index is 1080. The maximum atomic E-state index is 13.1. The van der Waals surface area contributed by atoms with E-state index in [1.807, 2.05) is 31.2 Å². The lowest BCUT2D eigenvalue weighted by Gasteiger charge is -2.29. The molecule has 0 saturated carbocycles. The summed E-state index contributed by atoms with van der Waals surface area (Å²) in [6.45, 7) is 12.0. The molecule has 1 heterocycles. The molecule has 0 aliphatic carbocycles. The highest BCUT2D eigenvalue weighted by Gasteiger charge is 2.29. The summed E-state index contributed by atoms with van der Waals surface area (Å²) in [5.41, 5.74) is 2.17. The van der Waals surface area contributed by atoms with Gasteiger partial charge < -0.3 is 10.1 Å². The maximum Gasteiger partial charge on any atom is 0.251 e. The topological polar surface area (TPSA) is 75.7 Å². The molecule has 0 radical (unpaired) electrons. The van der Waals surface area contributed by atoms with Gasteiger partial charge in [-0.2, -0.15) is 4.31 Å². The van der Waals surface area contributed by atoms with Crippen LogP contribution >= 0.6 is 0 Å². The van der Waals surface area contributed by atoms with Gasteiger partial charge in [0, 0.05) is 18.7 Å². The van der Waals surface area contributed by atoms with E-state index in [1.165, 1.54) is 10.4 Å². The van der Waals surface area contributed by atoms with Gasteiger partial charge in [0.15, 0.2) is 0 Å². The number of nitrogens with one attached hydrogen (secondary N) is 1. The molecule has 0 spiro atoms. The molecule has 1 N–H and O–H groups in total. The number of para-hydroxylation sites is 1. The van der Waals surface area contributed by atoms with Crippen LogP contribution in [0.4, 0.5) is 0 Å². The van der Waals surface area contributed by atoms with Gasteiger partial charge in [0.05, 0.1) is 11.4 Å². The van der Waals surface area contributed by atoms with E-state index in [0.29, 0.717) is 37.7 Å². The molecule has 2 aromatic carbocycles. The van der Waals surface area contributed by atoms with Crippen LogP contribution in [-0.4, -0.2) is 44.9 Å². The molecule has 1 fully saturated rings. The largest absolute Gasteiger partial charge is 0.491 e. The van der Waals surface area contributed by atoms with E-state index in [2.05, 4.69) is 33.0 Å². The van der Waals surface area contributed by atoms with E-state index in [0.717, 1.165) is 29.7 Å². The van der Waals surface area contributed by atoms with Crippen LogP contribution in [0.25, 0.3) is 0 Å². The first-order valence-corrected chi connectivity index (χ1v) is 13.1. The third-order valence-corrected chi connectivity index (χ3v) is 8.07. The number of nitrogens with zero attached hydrogens (tertiary/aromatic N) is 1. The number of hydrogen-bond donors (Lipinski definition) is 1. The molecule has 0 bridgehead atoms. The minimum absolute atomic E-state index is 0.0463. The minimum Gasteiger partial charge on any atom is -0.491 e. The zero-order valence-corrected chi connectivity index (χ0v) is 21.2. The summed E-state index contributed by atoms with van der Waals surface area (Å²) >= 11 is 0. The van der Waals surface area contributed by atoms with Crippen molar-refractivity contribution in [3.63, 3.8) is 0 Å². The summed E-state index contributed by atoms with van der Waals surface area (Å²) in [4.78, 5) is 13.0. The van der Waals surface area contributed by atoms with Crippen LogP contribution in [-0.2, 0) is 15.4 Å². The first-order valence-electron chi connectivity index (χ1n) is 11.6. The van der Waals surface area contributed by atoms with Gasteiger partial charge in [-0.3, -0.25) is 4.79 Å². The Labute approximate surface area is 198 Å². The van der Waals surface area contributed by atoms with E-state index in [9.17, 15) is 13.2 Å². The summed E-state index contributed by atoms with van der Waals surface area (Å²) in [5.74, 6) is 1.04. The van der Waals surface area contributed by atoms with E-state index in [1.54, 1.807) is 12.1 Å². The van der Waals surface area contributed by atoms with E-state index in [4.69, 9.17) is 4.74 Å². The summed E-state index contributed by atoms with van der Waals surface area (Å²) in [6, 6.07) is 12.7. The fourth-order valence-electron chi connectivity index (χ4n) is 4.01. The van der Waals surface area contributed by atoms with Crippen molar-refractivity contribution in [3.05, 3.63) is 59.2 Å². The van der Waals surface area contributed by atoms with Crippen LogP contribution in [0.3, 0.4) is 0 Å². The van der Waals surface area contributed by atoms with Crippen molar-refractivity contribution in [2.45, 2.75) is 57.8 Å². The Morgan fingerprint density at radius 1 is 1.12 bits per heavy atom. The van der Waals surface area contributed by atoms with Gasteiger partial charge in [0.1, 0.15) is 12.4 Å². The van der Waals surface area contributed by atoms with Crippen LogP contribution < -0.4 is 10.1 Å². The quantitative estimate of drug-likeness (QED) is 0.601. The van der Waals surface area contributed by atoms with Gasteiger partial charge in [0.25, 0.3) is 5.91 Å². The van der Waals surface area contributed by atoms with Crippen LogP contribution in [0.1, 0.15) is 62.0 Å². The maximum absolute atomic E-state index is 13.1. The molecule has 2 aromatic rings. The number of hydrogen-bond acceptors (Lipinski definition) is 4. The summed E-state index contributed by atoms with van der Waals surface area (Å²) in [7, 11) is -3.61. The molecule has 180 valence electrons. The fraction of sp³-hybridized carbons (Fsp3) is 0.500. The molecule has 0 unspecified atom stereocenters. The summed E-state index contributed by atoms with van der Waals surface area (Å²) < 4.78 is 33.6. The van der Waals surface area contributed by atoms with E-state index >= 15 is 0 Å². The smallest absolute Gasteiger partial charge is 0.251 e. The van der Waals surface area contributed by atoms with Crippen LogP contribution in [0, 0.1) is 12.8 Å².